The van der Waals surface area contributed by atoms with E-state index < -0.39 is 11.6 Å². The summed E-state index contributed by atoms with van der Waals surface area (Å²) in [6.07, 6.45) is 0. The molecule has 0 unspecified atom stereocenters. The Balaban J connectivity index is 3.44. The van der Waals surface area contributed by atoms with Crippen molar-refractivity contribution < 1.29 is 20.3 Å². The molecule has 0 amide bonds. The summed E-state index contributed by atoms with van der Waals surface area (Å²) in [7, 11) is 1.36. The van der Waals surface area contributed by atoms with Gasteiger partial charge in [0.15, 0.2) is 0 Å². The molecule has 56 valence electrons. The lowest BCUT2D eigenvalue weighted by Gasteiger charge is -1.98. The predicted molar refractivity (Wildman–Crippen MR) is 28.6 cm³/mol. The predicted octanol–water partition coefficient (Wildman–Crippen LogP) is -1.36. The van der Waals surface area contributed by atoms with Crippen LogP contribution in [-0.4, -0.2) is 15.0 Å². The van der Waals surface area contributed by atoms with E-state index in [9.17, 15) is 5.11 Å². The molecule has 0 aliphatic rings. The molecule has 1 rings (SSSR count). The lowest BCUT2D eigenvalue weighted by molar-refractivity contribution is -0.967. The minimum absolute atomic E-state index is 0.146. The van der Waals surface area contributed by atoms with Crippen LogP contribution in [0.5, 0.6) is 11.6 Å². The Hall–Kier alpha value is -1.39. The summed E-state index contributed by atoms with van der Waals surface area (Å²) in [5, 5.41) is 28.6. The van der Waals surface area contributed by atoms with Crippen LogP contribution in [0, 0.1) is 6.92 Å². The summed E-state index contributed by atoms with van der Waals surface area (Å²) in [4.78, 5) is 0.595. The van der Waals surface area contributed by atoms with Gasteiger partial charge >= 0.3 is 5.69 Å². The zero-order valence-corrected chi connectivity index (χ0v) is 5.70. The molecule has 0 aromatic carbocycles. The number of aromatic hydroxyl groups is 1. The lowest BCUT2D eigenvalue weighted by Crippen LogP contribution is -2.41. The third-order valence-electron chi connectivity index (χ3n) is 1.42. The first-order chi connectivity index (χ1) is 4.55. The van der Waals surface area contributed by atoms with Gasteiger partial charge in [-0.1, -0.05) is 0 Å². The second-order valence-electron chi connectivity index (χ2n) is 2.05. The fraction of sp³-hybridized carbons (Fsp3) is 0.400. The van der Waals surface area contributed by atoms with Gasteiger partial charge in [-0.2, -0.15) is 0 Å². The minimum atomic E-state index is -0.597. The first kappa shape index (κ1) is 6.73. The van der Waals surface area contributed by atoms with Crippen molar-refractivity contribution in [2.24, 2.45) is 7.05 Å². The Morgan fingerprint density at radius 1 is 1.60 bits per heavy atom. The van der Waals surface area contributed by atoms with Gasteiger partial charge in [-0.3, -0.25) is 5.21 Å². The van der Waals surface area contributed by atoms with Crippen molar-refractivity contribution in [1.29, 1.82) is 0 Å². The van der Waals surface area contributed by atoms with E-state index in [-0.39, 0.29) is 5.69 Å². The zero-order chi connectivity index (χ0) is 7.89. The van der Waals surface area contributed by atoms with Gasteiger partial charge in [-0.15, -0.1) is 4.68 Å². The standard InChI is InChI=1S/C5H8N2O3/c1-3-4(8)5(9)6(2)7(3)10/h8,10H,1-2H3. The molecule has 0 fully saturated rings. The normalized spacial score (nSPS) is 10.2. The molecule has 0 aliphatic heterocycles. The van der Waals surface area contributed by atoms with Gasteiger partial charge in [0.05, 0.1) is 12.9 Å². The highest BCUT2D eigenvalue weighted by Gasteiger charge is 2.18. The van der Waals surface area contributed by atoms with Crippen LogP contribution in [0.3, 0.4) is 0 Å². The van der Waals surface area contributed by atoms with Gasteiger partial charge in [0.25, 0.3) is 0 Å². The highest BCUT2D eigenvalue weighted by Crippen LogP contribution is 2.21. The molecular weight excluding hydrogens is 136 g/mol. The van der Waals surface area contributed by atoms with Crippen molar-refractivity contribution >= 4 is 0 Å². The number of aromatic nitrogens is 2. The van der Waals surface area contributed by atoms with E-state index >= 15 is 0 Å². The van der Waals surface area contributed by atoms with Gasteiger partial charge in [0.2, 0.25) is 5.75 Å². The minimum Gasteiger partial charge on any atom is -0.853 e. The van der Waals surface area contributed by atoms with Crippen LogP contribution in [0.1, 0.15) is 5.69 Å². The van der Waals surface area contributed by atoms with Crippen molar-refractivity contribution in [1.82, 2.24) is 4.68 Å². The van der Waals surface area contributed by atoms with Crippen LogP contribution in [0.15, 0.2) is 0 Å². The van der Waals surface area contributed by atoms with Crippen LogP contribution in [0.4, 0.5) is 0 Å². The molecule has 10 heavy (non-hydrogen) atoms. The van der Waals surface area contributed by atoms with Crippen LogP contribution in [0.2, 0.25) is 0 Å². The zero-order valence-electron chi connectivity index (χ0n) is 5.70. The van der Waals surface area contributed by atoms with Crippen LogP contribution < -0.4 is 9.95 Å². The van der Waals surface area contributed by atoms with Crippen molar-refractivity contribution in [3.05, 3.63) is 5.69 Å². The van der Waals surface area contributed by atoms with E-state index in [1.54, 1.807) is 0 Å². The van der Waals surface area contributed by atoms with Crippen molar-refractivity contribution in [3.8, 4) is 11.6 Å². The maximum absolute atomic E-state index is 10.7. The van der Waals surface area contributed by atoms with Gasteiger partial charge in [0, 0.05) is 6.92 Å². The molecule has 5 heteroatoms. The third-order valence-corrected chi connectivity index (χ3v) is 1.42. The average molecular weight is 144 g/mol. The molecule has 0 spiro atoms. The van der Waals surface area contributed by atoms with Crippen LogP contribution in [0.25, 0.3) is 0 Å². The molecule has 0 radical (unpaired) electrons. The van der Waals surface area contributed by atoms with Crippen LogP contribution >= 0.6 is 0 Å². The first-order valence-corrected chi connectivity index (χ1v) is 2.72. The van der Waals surface area contributed by atoms with E-state index in [1.165, 1.54) is 14.0 Å². The summed E-state index contributed by atoms with van der Waals surface area (Å²) in [6.45, 7) is 1.44. The number of hydrogen-bond donors (Lipinski definition) is 2. The third kappa shape index (κ3) is 0.601. The molecule has 2 N–H and O–H groups in total. The smallest absolute Gasteiger partial charge is 0.302 e. The fourth-order valence-electron chi connectivity index (χ4n) is 0.714. The maximum Gasteiger partial charge on any atom is 0.302 e. The van der Waals surface area contributed by atoms with Gasteiger partial charge in [-0.05, 0) is 0 Å². The Morgan fingerprint density at radius 3 is 2.20 bits per heavy atom. The van der Waals surface area contributed by atoms with E-state index in [1.807, 2.05) is 0 Å². The summed E-state index contributed by atoms with van der Waals surface area (Å²) >= 11 is 0. The van der Waals surface area contributed by atoms with Crippen molar-refractivity contribution in [2.75, 3.05) is 0 Å². The van der Waals surface area contributed by atoms with Gasteiger partial charge < -0.3 is 10.2 Å². The molecule has 1 aromatic rings. The lowest BCUT2D eigenvalue weighted by atomic mass is 10.4. The second kappa shape index (κ2) is 1.80. The Kier molecular flexibility index (Phi) is 1.21. The Bertz CT molecular complexity index is 186. The van der Waals surface area contributed by atoms with E-state index in [4.69, 9.17) is 10.3 Å². The molecule has 0 bridgehead atoms. The highest BCUT2D eigenvalue weighted by molar-refractivity contribution is 5.30. The highest BCUT2D eigenvalue weighted by atomic mass is 16.5. The number of rotatable bonds is 0. The monoisotopic (exact) mass is 144 g/mol. The molecule has 1 heterocycles. The summed E-state index contributed by atoms with van der Waals surface area (Å²) in [5.41, 5.74) is 0.146. The maximum atomic E-state index is 10.7. The quantitative estimate of drug-likeness (QED) is 0.349. The average Bonchev–Trinajstić information content (AvgIpc) is 2.07. The Labute approximate surface area is 57.3 Å². The summed E-state index contributed by atoms with van der Waals surface area (Å²) in [6, 6.07) is 0. The van der Waals surface area contributed by atoms with E-state index in [0.29, 0.717) is 4.85 Å². The number of nitrogens with zero attached hydrogens (tertiary/aromatic N) is 2. The number of hydrogen-bond acceptors (Lipinski definition) is 3. The molecule has 0 atom stereocenters. The van der Waals surface area contributed by atoms with Crippen LogP contribution in [-0.2, 0) is 7.05 Å². The molecule has 0 saturated heterocycles. The summed E-state index contributed by atoms with van der Waals surface area (Å²) < 4.78 is 0.907. The summed E-state index contributed by atoms with van der Waals surface area (Å²) in [5.74, 6) is -1.01. The molecule has 0 aliphatic carbocycles. The van der Waals surface area contributed by atoms with Crippen molar-refractivity contribution in [2.45, 2.75) is 6.92 Å². The largest absolute Gasteiger partial charge is 0.853 e. The molecule has 1 aromatic heterocycles. The van der Waals surface area contributed by atoms with E-state index in [2.05, 4.69) is 0 Å². The van der Waals surface area contributed by atoms with Gasteiger partial charge in [-0.25, -0.2) is 0 Å². The Morgan fingerprint density at radius 2 is 2.10 bits per heavy atom. The molecule has 0 saturated carbocycles. The first-order valence-electron chi connectivity index (χ1n) is 2.72. The van der Waals surface area contributed by atoms with Gasteiger partial charge in [0.1, 0.15) is 4.85 Å². The van der Waals surface area contributed by atoms with Crippen molar-refractivity contribution in [3.63, 3.8) is 0 Å². The second-order valence-corrected chi connectivity index (χ2v) is 2.05. The fourth-order valence-corrected chi connectivity index (χ4v) is 0.714. The van der Waals surface area contributed by atoms with E-state index in [0.717, 1.165) is 4.68 Å². The molecular formula is C5H8N2O3. The SMILES string of the molecule is Cc1c(O)c([O-])n(C)[n+]1O. The molecule has 5 nitrogen and oxygen atoms in total. The topological polar surface area (TPSA) is 72.3 Å².